The molecule has 0 fully saturated rings. The van der Waals surface area contributed by atoms with E-state index in [2.05, 4.69) is 5.32 Å². The third kappa shape index (κ3) is 3.87. The van der Waals surface area contributed by atoms with Gasteiger partial charge < -0.3 is 5.73 Å². The lowest BCUT2D eigenvalue weighted by Gasteiger charge is -2.20. The van der Waals surface area contributed by atoms with Crippen LogP contribution in [0.15, 0.2) is 18.2 Å². The van der Waals surface area contributed by atoms with Gasteiger partial charge in [0.05, 0.1) is 16.1 Å². The highest BCUT2D eigenvalue weighted by Gasteiger charge is 2.16. The number of primary amides is 1. The maximum atomic E-state index is 11.1. The van der Waals surface area contributed by atoms with Crippen molar-refractivity contribution in [2.45, 2.75) is 32.4 Å². The Kier molecular flexibility index (Phi) is 5.25. The van der Waals surface area contributed by atoms with Crippen molar-refractivity contribution in [1.29, 1.82) is 0 Å². The van der Waals surface area contributed by atoms with Gasteiger partial charge in [0.15, 0.2) is 0 Å². The van der Waals surface area contributed by atoms with Crippen molar-refractivity contribution in [3.63, 3.8) is 0 Å². The first-order valence-electron chi connectivity index (χ1n) is 5.46. The summed E-state index contributed by atoms with van der Waals surface area (Å²) in [6.07, 6.45) is 0.654. The van der Waals surface area contributed by atoms with Gasteiger partial charge in [0, 0.05) is 6.04 Å². The van der Waals surface area contributed by atoms with Gasteiger partial charge in [-0.15, -0.1) is 0 Å². The summed E-state index contributed by atoms with van der Waals surface area (Å²) in [4.78, 5) is 11.1. The molecule has 5 heteroatoms. The van der Waals surface area contributed by atoms with Crippen LogP contribution in [0, 0.1) is 0 Å². The van der Waals surface area contributed by atoms with Crippen molar-refractivity contribution in [3.05, 3.63) is 33.8 Å². The number of hydrogen-bond acceptors (Lipinski definition) is 2. The predicted molar refractivity (Wildman–Crippen MR) is 71.3 cm³/mol. The molecular weight excluding hydrogens is 259 g/mol. The van der Waals surface area contributed by atoms with Crippen LogP contribution < -0.4 is 11.1 Å². The van der Waals surface area contributed by atoms with Gasteiger partial charge in [-0.3, -0.25) is 10.1 Å². The van der Waals surface area contributed by atoms with Crippen LogP contribution in [0.2, 0.25) is 10.0 Å². The van der Waals surface area contributed by atoms with Gasteiger partial charge in [0.25, 0.3) is 0 Å². The minimum atomic E-state index is -0.348. The van der Waals surface area contributed by atoms with Crippen molar-refractivity contribution in [2.75, 3.05) is 0 Å². The first-order valence-corrected chi connectivity index (χ1v) is 6.21. The largest absolute Gasteiger partial charge is 0.368 e. The van der Waals surface area contributed by atoms with E-state index < -0.39 is 0 Å². The molecule has 2 atom stereocenters. The van der Waals surface area contributed by atoms with E-state index in [9.17, 15) is 4.79 Å². The van der Waals surface area contributed by atoms with E-state index in [0.29, 0.717) is 16.5 Å². The maximum Gasteiger partial charge on any atom is 0.234 e. The molecule has 1 aromatic carbocycles. The molecule has 0 saturated heterocycles. The molecule has 1 aromatic rings. The van der Waals surface area contributed by atoms with E-state index in [4.69, 9.17) is 28.9 Å². The Balaban J connectivity index is 2.78. The minimum Gasteiger partial charge on any atom is -0.368 e. The number of carbonyl (C=O) groups excluding carboxylic acids is 1. The van der Waals surface area contributed by atoms with Crippen LogP contribution >= 0.6 is 23.2 Å². The van der Waals surface area contributed by atoms with Crippen LogP contribution in [0.25, 0.3) is 0 Å². The Bertz CT molecular complexity index is 409. The van der Waals surface area contributed by atoms with E-state index in [-0.39, 0.29) is 18.0 Å². The van der Waals surface area contributed by atoms with Crippen LogP contribution in [0.3, 0.4) is 0 Å². The molecule has 0 saturated carbocycles. The zero-order valence-corrected chi connectivity index (χ0v) is 11.3. The highest BCUT2D eigenvalue weighted by atomic mass is 35.5. The first-order chi connectivity index (χ1) is 7.95. The van der Waals surface area contributed by atoms with Crippen molar-refractivity contribution >= 4 is 29.1 Å². The fraction of sp³-hybridized carbons (Fsp3) is 0.417. The van der Waals surface area contributed by atoms with E-state index in [0.717, 1.165) is 5.56 Å². The zero-order chi connectivity index (χ0) is 13.0. The van der Waals surface area contributed by atoms with E-state index in [1.165, 1.54) is 0 Å². The monoisotopic (exact) mass is 274 g/mol. The second-order valence-electron chi connectivity index (χ2n) is 3.93. The molecule has 0 aliphatic carbocycles. The lowest BCUT2D eigenvalue weighted by molar-refractivity contribution is -0.120. The SMILES string of the molecule is CCC(NC(C)c1ccc(Cl)c(Cl)c1)C(N)=O. The fourth-order valence-electron chi connectivity index (χ4n) is 1.58. The van der Waals surface area contributed by atoms with Gasteiger partial charge in [-0.25, -0.2) is 0 Å². The van der Waals surface area contributed by atoms with Gasteiger partial charge in [-0.05, 0) is 31.0 Å². The number of nitrogens with one attached hydrogen (secondary N) is 1. The standard InChI is InChI=1S/C12H16Cl2N2O/c1-3-11(12(15)17)16-7(2)8-4-5-9(13)10(14)6-8/h4-7,11,16H,3H2,1-2H3,(H2,15,17). The number of nitrogens with two attached hydrogens (primary N) is 1. The molecule has 3 N–H and O–H groups in total. The lowest BCUT2D eigenvalue weighted by atomic mass is 10.1. The van der Waals surface area contributed by atoms with Crippen LogP contribution in [-0.4, -0.2) is 11.9 Å². The third-order valence-corrected chi connectivity index (χ3v) is 3.39. The molecule has 0 heterocycles. The second-order valence-corrected chi connectivity index (χ2v) is 4.74. The number of carbonyl (C=O) groups is 1. The fourth-order valence-corrected chi connectivity index (χ4v) is 1.89. The van der Waals surface area contributed by atoms with Crippen molar-refractivity contribution < 1.29 is 4.79 Å². The maximum absolute atomic E-state index is 11.1. The molecule has 0 bridgehead atoms. The molecule has 2 unspecified atom stereocenters. The molecule has 0 spiro atoms. The Hall–Kier alpha value is -0.770. The second kappa shape index (κ2) is 6.24. The van der Waals surface area contributed by atoms with Crippen LogP contribution in [-0.2, 0) is 4.79 Å². The molecule has 1 rings (SSSR count). The summed E-state index contributed by atoms with van der Waals surface area (Å²) in [6.45, 7) is 3.86. The van der Waals surface area contributed by atoms with Crippen LogP contribution in [0.5, 0.6) is 0 Å². The summed E-state index contributed by atoms with van der Waals surface area (Å²) in [5, 5.41) is 4.18. The molecule has 0 aliphatic rings. The van der Waals surface area contributed by atoms with Gasteiger partial charge in [0.2, 0.25) is 5.91 Å². The Morgan fingerprint density at radius 3 is 2.53 bits per heavy atom. The van der Waals surface area contributed by atoms with Crippen molar-refractivity contribution in [3.8, 4) is 0 Å². The number of amides is 1. The molecule has 17 heavy (non-hydrogen) atoms. The molecule has 0 aromatic heterocycles. The first kappa shape index (κ1) is 14.3. The molecule has 3 nitrogen and oxygen atoms in total. The number of rotatable bonds is 5. The highest BCUT2D eigenvalue weighted by molar-refractivity contribution is 6.42. The normalized spacial score (nSPS) is 14.4. The smallest absolute Gasteiger partial charge is 0.234 e. The minimum absolute atomic E-state index is 0.0118. The van der Waals surface area contributed by atoms with E-state index in [1.54, 1.807) is 12.1 Å². The molecule has 94 valence electrons. The van der Waals surface area contributed by atoms with Gasteiger partial charge in [0.1, 0.15) is 0 Å². The molecule has 0 aliphatic heterocycles. The number of halogens is 2. The Morgan fingerprint density at radius 2 is 2.06 bits per heavy atom. The van der Waals surface area contributed by atoms with Crippen molar-refractivity contribution in [2.24, 2.45) is 5.73 Å². The summed E-state index contributed by atoms with van der Waals surface area (Å²) in [6, 6.07) is 5.05. The van der Waals surface area contributed by atoms with Crippen LogP contribution in [0.4, 0.5) is 0 Å². The van der Waals surface area contributed by atoms with Crippen LogP contribution in [0.1, 0.15) is 31.9 Å². The van der Waals surface area contributed by atoms with E-state index >= 15 is 0 Å². The summed E-state index contributed by atoms with van der Waals surface area (Å²) >= 11 is 11.8. The van der Waals surface area contributed by atoms with Gasteiger partial charge in [-0.1, -0.05) is 36.2 Å². The topological polar surface area (TPSA) is 55.1 Å². The predicted octanol–water partition coefficient (Wildman–Crippen LogP) is 2.91. The zero-order valence-electron chi connectivity index (χ0n) is 9.84. The third-order valence-electron chi connectivity index (χ3n) is 2.65. The Labute approximate surface area is 111 Å². The lowest BCUT2D eigenvalue weighted by Crippen LogP contribution is -2.41. The highest BCUT2D eigenvalue weighted by Crippen LogP contribution is 2.25. The number of hydrogen-bond donors (Lipinski definition) is 2. The quantitative estimate of drug-likeness (QED) is 0.868. The van der Waals surface area contributed by atoms with Crippen molar-refractivity contribution in [1.82, 2.24) is 5.32 Å². The average Bonchev–Trinajstić information content (AvgIpc) is 2.28. The molecular formula is C12H16Cl2N2O. The number of benzene rings is 1. The summed E-state index contributed by atoms with van der Waals surface area (Å²) < 4.78 is 0. The Morgan fingerprint density at radius 1 is 1.41 bits per heavy atom. The summed E-state index contributed by atoms with van der Waals surface area (Å²) in [5.41, 5.74) is 6.25. The average molecular weight is 275 g/mol. The van der Waals surface area contributed by atoms with Gasteiger partial charge >= 0.3 is 0 Å². The van der Waals surface area contributed by atoms with E-state index in [1.807, 2.05) is 19.9 Å². The van der Waals surface area contributed by atoms with Gasteiger partial charge in [-0.2, -0.15) is 0 Å². The summed E-state index contributed by atoms with van der Waals surface area (Å²) in [5.74, 6) is -0.348. The molecule has 0 radical (unpaired) electrons. The summed E-state index contributed by atoms with van der Waals surface area (Å²) in [7, 11) is 0. The molecule has 1 amide bonds.